The molecule has 1 heterocycles. The molecule has 0 bridgehead atoms. The van der Waals surface area contributed by atoms with Gasteiger partial charge in [-0.05, 0) is 67.4 Å². The van der Waals surface area contributed by atoms with Gasteiger partial charge in [-0.25, -0.2) is 14.2 Å². The molecule has 0 spiro atoms. The molecule has 0 aliphatic rings. The van der Waals surface area contributed by atoms with E-state index in [4.69, 9.17) is 4.74 Å². The zero-order valence-corrected chi connectivity index (χ0v) is 17.7. The summed E-state index contributed by atoms with van der Waals surface area (Å²) in [7, 11) is 0. The smallest absolute Gasteiger partial charge is 0.339 e. The maximum Gasteiger partial charge on any atom is 0.339 e. The Morgan fingerprint density at radius 3 is 2.50 bits per heavy atom. The third-order valence-corrected chi connectivity index (χ3v) is 5.29. The number of para-hydroxylation sites is 1. The summed E-state index contributed by atoms with van der Waals surface area (Å²) in [5.41, 5.74) is 4.75. The number of hydrogen-bond acceptors (Lipinski definition) is 4. The number of nitrogens with one attached hydrogen (secondary N) is 1. The van der Waals surface area contributed by atoms with Crippen molar-refractivity contribution in [2.75, 3.05) is 11.9 Å². The van der Waals surface area contributed by atoms with Crippen molar-refractivity contribution >= 4 is 28.5 Å². The number of aromatic nitrogens is 1. The van der Waals surface area contributed by atoms with E-state index in [0.717, 1.165) is 11.1 Å². The normalized spacial score (nSPS) is 10.7. The average molecular weight is 428 g/mol. The molecule has 5 nitrogen and oxygen atoms in total. The quantitative estimate of drug-likeness (QED) is 0.429. The van der Waals surface area contributed by atoms with Gasteiger partial charge in [0, 0.05) is 16.6 Å². The third kappa shape index (κ3) is 4.49. The summed E-state index contributed by atoms with van der Waals surface area (Å²) in [6, 6.07) is 20.2. The number of pyridine rings is 1. The second-order valence-corrected chi connectivity index (χ2v) is 7.45. The van der Waals surface area contributed by atoms with E-state index in [0.29, 0.717) is 27.8 Å². The maximum atomic E-state index is 13.3. The molecule has 6 heteroatoms. The first-order valence-electron chi connectivity index (χ1n) is 10.1. The van der Waals surface area contributed by atoms with Crippen molar-refractivity contribution in [3.8, 4) is 11.3 Å². The Kier molecular flexibility index (Phi) is 5.94. The summed E-state index contributed by atoms with van der Waals surface area (Å²) in [5.74, 6) is -1.42. The van der Waals surface area contributed by atoms with E-state index >= 15 is 0 Å². The number of fused-ring (bicyclic) bond motifs is 1. The molecule has 160 valence electrons. The number of hydrogen-bond donors (Lipinski definition) is 1. The molecule has 32 heavy (non-hydrogen) atoms. The minimum absolute atomic E-state index is 0.287. The van der Waals surface area contributed by atoms with Crippen LogP contribution in [0.25, 0.3) is 22.2 Å². The molecule has 4 rings (SSSR count). The van der Waals surface area contributed by atoms with E-state index in [1.807, 2.05) is 32.0 Å². The van der Waals surface area contributed by atoms with Gasteiger partial charge >= 0.3 is 5.97 Å². The van der Waals surface area contributed by atoms with E-state index in [2.05, 4.69) is 10.3 Å². The Morgan fingerprint density at radius 2 is 1.72 bits per heavy atom. The molecule has 0 unspecified atom stereocenters. The first-order chi connectivity index (χ1) is 15.4. The highest BCUT2D eigenvalue weighted by Gasteiger charge is 2.17. The predicted octanol–water partition coefficient (Wildman–Crippen LogP) is 5.45. The second kappa shape index (κ2) is 8.98. The lowest BCUT2D eigenvalue weighted by Crippen LogP contribution is -2.21. The Labute approximate surface area is 184 Å². The minimum Gasteiger partial charge on any atom is -0.452 e. The number of esters is 1. The first-order valence-corrected chi connectivity index (χ1v) is 10.1. The fraction of sp³-hybridized carbons (Fsp3) is 0.115. The van der Waals surface area contributed by atoms with Crippen molar-refractivity contribution < 1.29 is 18.7 Å². The van der Waals surface area contributed by atoms with Crippen LogP contribution in [0.5, 0.6) is 0 Å². The highest BCUT2D eigenvalue weighted by molar-refractivity contribution is 6.05. The van der Waals surface area contributed by atoms with Gasteiger partial charge in [0.25, 0.3) is 5.91 Å². The van der Waals surface area contributed by atoms with Crippen LogP contribution in [0.2, 0.25) is 0 Å². The molecule has 0 saturated heterocycles. The fourth-order valence-corrected chi connectivity index (χ4v) is 3.39. The predicted molar refractivity (Wildman–Crippen MR) is 122 cm³/mol. The van der Waals surface area contributed by atoms with Gasteiger partial charge in [-0.15, -0.1) is 0 Å². The summed E-state index contributed by atoms with van der Waals surface area (Å²) in [6.45, 7) is 3.45. The topological polar surface area (TPSA) is 68.3 Å². The SMILES string of the molecule is Cc1cccc(NC(=O)COC(=O)c2cc(-c3ccc(F)cc3)nc3ccccc23)c1C. The number of aryl methyl sites for hydroxylation is 1. The van der Waals surface area contributed by atoms with Crippen LogP contribution in [0.1, 0.15) is 21.5 Å². The summed E-state index contributed by atoms with van der Waals surface area (Å²) >= 11 is 0. The van der Waals surface area contributed by atoms with E-state index < -0.39 is 18.5 Å². The summed E-state index contributed by atoms with van der Waals surface area (Å²) in [6.07, 6.45) is 0. The summed E-state index contributed by atoms with van der Waals surface area (Å²) in [5, 5.41) is 3.38. The number of anilines is 1. The molecule has 1 amide bonds. The van der Waals surface area contributed by atoms with Crippen LogP contribution in [0.4, 0.5) is 10.1 Å². The highest BCUT2D eigenvalue weighted by atomic mass is 19.1. The van der Waals surface area contributed by atoms with E-state index in [9.17, 15) is 14.0 Å². The number of amides is 1. The van der Waals surface area contributed by atoms with Crippen molar-refractivity contribution in [3.05, 3.63) is 95.3 Å². The van der Waals surface area contributed by atoms with Gasteiger partial charge in [0.2, 0.25) is 0 Å². The second-order valence-electron chi connectivity index (χ2n) is 7.45. The Bertz CT molecular complexity index is 1320. The number of ether oxygens (including phenoxy) is 1. The van der Waals surface area contributed by atoms with Crippen molar-refractivity contribution in [1.82, 2.24) is 4.98 Å². The molecule has 4 aromatic rings. The average Bonchev–Trinajstić information content (AvgIpc) is 2.80. The molecule has 3 aromatic carbocycles. The minimum atomic E-state index is -0.636. The molecule has 1 N–H and O–H groups in total. The fourth-order valence-electron chi connectivity index (χ4n) is 3.39. The van der Waals surface area contributed by atoms with Gasteiger partial charge in [-0.3, -0.25) is 4.79 Å². The van der Waals surface area contributed by atoms with Crippen molar-refractivity contribution in [2.24, 2.45) is 0 Å². The molecule has 0 saturated carbocycles. The van der Waals surface area contributed by atoms with Crippen LogP contribution in [0.15, 0.2) is 72.8 Å². The monoisotopic (exact) mass is 428 g/mol. The van der Waals surface area contributed by atoms with Gasteiger partial charge in [-0.1, -0.05) is 30.3 Å². The van der Waals surface area contributed by atoms with Crippen LogP contribution < -0.4 is 5.32 Å². The largest absolute Gasteiger partial charge is 0.452 e. The number of halogens is 1. The van der Waals surface area contributed by atoms with Crippen molar-refractivity contribution in [2.45, 2.75) is 13.8 Å². The zero-order chi connectivity index (χ0) is 22.7. The maximum absolute atomic E-state index is 13.3. The Hall–Kier alpha value is -4.06. The molecule has 1 aromatic heterocycles. The van der Waals surface area contributed by atoms with Crippen LogP contribution in [-0.4, -0.2) is 23.5 Å². The molecule has 0 radical (unpaired) electrons. The van der Waals surface area contributed by atoms with Crippen LogP contribution in [-0.2, 0) is 9.53 Å². The lowest BCUT2D eigenvalue weighted by atomic mass is 10.0. The third-order valence-electron chi connectivity index (χ3n) is 5.29. The molecular formula is C26H21FN2O3. The van der Waals surface area contributed by atoms with E-state index in [-0.39, 0.29) is 11.4 Å². The Morgan fingerprint density at radius 1 is 0.969 bits per heavy atom. The lowest BCUT2D eigenvalue weighted by Gasteiger charge is -2.12. The molecule has 0 aliphatic carbocycles. The van der Waals surface area contributed by atoms with E-state index in [1.165, 1.54) is 12.1 Å². The zero-order valence-electron chi connectivity index (χ0n) is 17.7. The van der Waals surface area contributed by atoms with E-state index in [1.54, 1.807) is 42.5 Å². The van der Waals surface area contributed by atoms with Crippen molar-refractivity contribution in [3.63, 3.8) is 0 Å². The lowest BCUT2D eigenvalue weighted by molar-refractivity contribution is -0.119. The van der Waals surface area contributed by atoms with Gasteiger partial charge < -0.3 is 10.1 Å². The molecular weight excluding hydrogens is 407 g/mol. The van der Waals surface area contributed by atoms with Gasteiger partial charge in [0.15, 0.2) is 6.61 Å². The number of nitrogens with zero attached hydrogens (tertiary/aromatic N) is 1. The Balaban J connectivity index is 1.56. The molecule has 0 fully saturated rings. The van der Waals surface area contributed by atoms with Crippen LogP contribution >= 0.6 is 0 Å². The highest BCUT2D eigenvalue weighted by Crippen LogP contribution is 2.26. The standard InChI is InChI=1S/C26H21FN2O3/c1-16-6-5-9-22(17(16)2)29-25(30)15-32-26(31)21-14-24(18-10-12-19(27)13-11-18)28-23-8-4-3-7-20(21)23/h3-14H,15H2,1-2H3,(H,29,30). The van der Waals surface area contributed by atoms with Gasteiger partial charge in [0.1, 0.15) is 5.82 Å². The first kappa shape index (κ1) is 21.2. The molecule has 0 aliphatic heterocycles. The van der Waals surface area contributed by atoms with Crippen molar-refractivity contribution in [1.29, 1.82) is 0 Å². The molecule has 0 atom stereocenters. The summed E-state index contributed by atoms with van der Waals surface area (Å²) in [4.78, 5) is 29.8. The number of carbonyl (C=O) groups is 2. The van der Waals surface area contributed by atoms with Gasteiger partial charge in [-0.2, -0.15) is 0 Å². The number of carbonyl (C=O) groups excluding carboxylic acids is 2. The number of rotatable bonds is 5. The van der Waals surface area contributed by atoms with Crippen LogP contribution in [0.3, 0.4) is 0 Å². The number of benzene rings is 3. The summed E-state index contributed by atoms with van der Waals surface area (Å²) < 4.78 is 18.6. The van der Waals surface area contributed by atoms with Crippen LogP contribution in [0, 0.1) is 19.7 Å². The van der Waals surface area contributed by atoms with Gasteiger partial charge in [0.05, 0.1) is 16.8 Å².